The van der Waals surface area contributed by atoms with E-state index in [0.717, 1.165) is 12.8 Å². The fourth-order valence-corrected chi connectivity index (χ4v) is 1.42. The third kappa shape index (κ3) is 2.44. The number of aliphatic hydroxyl groups excluding tert-OH is 1. The van der Waals surface area contributed by atoms with E-state index in [-0.39, 0.29) is 18.3 Å². The number of hydrogen-bond acceptors (Lipinski definition) is 3. The third-order valence-corrected chi connectivity index (χ3v) is 2.53. The van der Waals surface area contributed by atoms with Gasteiger partial charge in [0.1, 0.15) is 0 Å². The summed E-state index contributed by atoms with van der Waals surface area (Å²) in [7, 11) is 0. The molecule has 3 nitrogen and oxygen atoms in total. The summed E-state index contributed by atoms with van der Waals surface area (Å²) >= 11 is 0. The molecule has 2 N–H and O–H groups in total. The summed E-state index contributed by atoms with van der Waals surface area (Å²) < 4.78 is 38.3. The van der Waals surface area contributed by atoms with Crippen molar-refractivity contribution in [3.05, 3.63) is 23.6 Å². The Bertz CT molecular complexity index is 396. The highest BCUT2D eigenvalue weighted by molar-refractivity contribution is 5.36. The molecule has 1 atom stereocenters. The molecule has 0 amide bonds. The number of hydrogen-bond donors (Lipinski definition) is 2. The van der Waals surface area contributed by atoms with Crippen LogP contribution in [-0.2, 0) is 0 Å². The van der Waals surface area contributed by atoms with E-state index in [1.165, 1.54) is 0 Å². The molecule has 16 heavy (non-hydrogen) atoms. The van der Waals surface area contributed by atoms with Gasteiger partial charge in [0, 0.05) is 12.6 Å². The topological polar surface area (TPSA) is 45.1 Å². The van der Waals surface area contributed by atoms with Crippen LogP contribution in [-0.4, -0.2) is 22.7 Å². The van der Waals surface area contributed by atoms with E-state index in [1.54, 1.807) is 0 Å². The van der Waals surface area contributed by atoms with Gasteiger partial charge in [0.15, 0.2) is 17.5 Å². The lowest BCUT2D eigenvalue weighted by Crippen LogP contribution is -2.22. The van der Waals surface area contributed by atoms with Gasteiger partial charge in [0.2, 0.25) is 0 Å². The van der Waals surface area contributed by atoms with E-state index in [9.17, 15) is 18.3 Å². The van der Waals surface area contributed by atoms with Crippen molar-refractivity contribution in [3.8, 4) is 0 Å². The summed E-state index contributed by atoms with van der Waals surface area (Å²) in [6.45, 7) is 0.0830. The zero-order valence-corrected chi connectivity index (χ0v) is 8.38. The molecule has 1 aromatic rings. The first-order chi connectivity index (χ1) is 7.58. The Labute approximate surface area is 90.3 Å². The van der Waals surface area contributed by atoms with Gasteiger partial charge in [-0.05, 0) is 18.8 Å². The maximum absolute atomic E-state index is 13.1. The fraction of sp³-hybridized carbons (Fsp3) is 0.500. The molecule has 1 unspecified atom stereocenters. The molecule has 1 saturated carbocycles. The SMILES string of the molecule is OC(CNc1nc(F)c(F)cc1F)C1CC1. The van der Waals surface area contributed by atoms with Crippen molar-refractivity contribution in [2.45, 2.75) is 18.9 Å². The van der Waals surface area contributed by atoms with Crippen LogP contribution in [0, 0.1) is 23.5 Å². The van der Waals surface area contributed by atoms with Gasteiger partial charge in [-0.15, -0.1) is 0 Å². The van der Waals surface area contributed by atoms with E-state index in [2.05, 4.69) is 10.3 Å². The van der Waals surface area contributed by atoms with Crippen molar-refractivity contribution in [1.82, 2.24) is 4.98 Å². The van der Waals surface area contributed by atoms with E-state index in [1.807, 2.05) is 0 Å². The lowest BCUT2D eigenvalue weighted by atomic mass is 10.2. The molecule has 1 heterocycles. The van der Waals surface area contributed by atoms with Crippen molar-refractivity contribution in [3.63, 3.8) is 0 Å². The maximum atomic E-state index is 13.1. The number of aromatic nitrogens is 1. The van der Waals surface area contributed by atoms with Crippen LogP contribution in [0.3, 0.4) is 0 Å². The summed E-state index contributed by atoms with van der Waals surface area (Å²) in [4.78, 5) is 3.09. The summed E-state index contributed by atoms with van der Waals surface area (Å²) in [6.07, 6.45) is 1.28. The first-order valence-electron chi connectivity index (χ1n) is 5.01. The molecule has 0 aliphatic heterocycles. The summed E-state index contributed by atoms with van der Waals surface area (Å²) in [5, 5.41) is 11.9. The Morgan fingerprint density at radius 2 is 2.06 bits per heavy atom. The van der Waals surface area contributed by atoms with E-state index in [0.29, 0.717) is 6.07 Å². The summed E-state index contributed by atoms with van der Waals surface area (Å²) in [6, 6.07) is 0.425. The summed E-state index contributed by atoms with van der Waals surface area (Å²) in [5.74, 6) is -3.81. The predicted octanol–water partition coefficient (Wildman–Crippen LogP) is 1.68. The van der Waals surface area contributed by atoms with Crippen LogP contribution in [0.2, 0.25) is 0 Å². The second-order valence-corrected chi connectivity index (χ2v) is 3.88. The van der Waals surface area contributed by atoms with Crippen LogP contribution in [0.25, 0.3) is 0 Å². The van der Waals surface area contributed by atoms with Crippen LogP contribution in [0.15, 0.2) is 6.07 Å². The minimum absolute atomic E-state index is 0.0830. The molecule has 0 bridgehead atoms. The van der Waals surface area contributed by atoms with Gasteiger partial charge in [-0.1, -0.05) is 0 Å². The number of pyridine rings is 1. The van der Waals surface area contributed by atoms with Gasteiger partial charge in [-0.3, -0.25) is 0 Å². The smallest absolute Gasteiger partial charge is 0.251 e. The molecule has 1 aromatic heterocycles. The van der Waals surface area contributed by atoms with Crippen LogP contribution < -0.4 is 5.32 Å². The maximum Gasteiger partial charge on any atom is 0.251 e. The van der Waals surface area contributed by atoms with Gasteiger partial charge in [-0.25, -0.2) is 8.78 Å². The van der Waals surface area contributed by atoms with Crippen LogP contribution in [0.1, 0.15) is 12.8 Å². The number of nitrogens with one attached hydrogen (secondary N) is 1. The molecule has 88 valence electrons. The van der Waals surface area contributed by atoms with Gasteiger partial charge >= 0.3 is 0 Å². The Morgan fingerprint density at radius 1 is 1.38 bits per heavy atom. The molecule has 2 rings (SSSR count). The first kappa shape index (κ1) is 11.2. The zero-order chi connectivity index (χ0) is 11.7. The molecule has 6 heteroatoms. The molecule has 0 saturated heterocycles. The second kappa shape index (κ2) is 4.29. The van der Waals surface area contributed by atoms with Crippen LogP contribution in [0.4, 0.5) is 19.0 Å². The number of rotatable bonds is 4. The number of anilines is 1. The average Bonchev–Trinajstić information content (AvgIpc) is 3.04. The molecular formula is C10H11F3N2O. The van der Waals surface area contributed by atoms with E-state index in [4.69, 9.17) is 0 Å². The standard InChI is InChI=1S/C10H11F3N2O/c11-6-3-7(12)10(15-9(6)13)14-4-8(16)5-1-2-5/h3,5,8,16H,1-2,4H2,(H,14,15). The fourth-order valence-electron chi connectivity index (χ4n) is 1.42. The van der Waals surface area contributed by atoms with Crippen molar-refractivity contribution < 1.29 is 18.3 Å². The minimum Gasteiger partial charge on any atom is -0.391 e. The van der Waals surface area contributed by atoms with Crippen LogP contribution >= 0.6 is 0 Å². The molecule has 1 fully saturated rings. The molecule has 0 spiro atoms. The average molecular weight is 232 g/mol. The Kier molecular flexibility index (Phi) is 3.00. The predicted molar refractivity (Wildman–Crippen MR) is 51.3 cm³/mol. The second-order valence-electron chi connectivity index (χ2n) is 3.88. The Balaban J connectivity index is 2.00. The van der Waals surface area contributed by atoms with Crippen molar-refractivity contribution in [1.29, 1.82) is 0 Å². The van der Waals surface area contributed by atoms with Crippen molar-refractivity contribution >= 4 is 5.82 Å². The first-order valence-corrected chi connectivity index (χ1v) is 5.01. The normalized spacial score (nSPS) is 17.2. The number of nitrogens with zero attached hydrogens (tertiary/aromatic N) is 1. The number of aliphatic hydroxyl groups is 1. The van der Waals surface area contributed by atoms with Crippen molar-refractivity contribution in [2.75, 3.05) is 11.9 Å². The van der Waals surface area contributed by atoms with Crippen LogP contribution in [0.5, 0.6) is 0 Å². The highest BCUT2D eigenvalue weighted by Crippen LogP contribution is 2.32. The largest absolute Gasteiger partial charge is 0.391 e. The minimum atomic E-state index is -1.36. The lowest BCUT2D eigenvalue weighted by molar-refractivity contribution is 0.164. The van der Waals surface area contributed by atoms with Gasteiger partial charge < -0.3 is 10.4 Å². The van der Waals surface area contributed by atoms with E-state index >= 15 is 0 Å². The molecule has 1 aliphatic rings. The third-order valence-electron chi connectivity index (χ3n) is 2.53. The molecule has 0 radical (unpaired) electrons. The van der Waals surface area contributed by atoms with Gasteiger partial charge in [0.25, 0.3) is 5.95 Å². The Morgan fingerprint density at radius 3 is 2.69 bits per heavy atom. The monoisotopic (exact) mass is 232 g/mol. The van der Waals surface area contributed by atoms with Gasteiger partial charge in [0.05, 0.1) is 6.10 Å². The molecular weight excluding hydrogens is 221 g/mol. The Hall–Kier alpha value is -1.30. The number of halogens is 3. The highest BCUT2D eigenvalue weighted by Gasteiger charge is 2.29. The molecule has 1 aliphatic carbocycles. The van der Waals surface area contributed by atoms with Crippen molar-refractivity contribution in [2.24, 2.45) is 5.92 Å². The van der Waals surface area contributed by atoms with E-state index < -0.39 is 23.7 Å². The van der Waals surface area contributed by atoms with Gasteiger partial charge in [-0.2, -0.15) is 9.37 Å². The molecule has 0 aromatic carbocycles. The summed E-state index contributed by atoms with van der Waals surface area (Å²) in [5.41, 5.74) is 0. The lowest BCUT2D eigenvalue weighted by Gasteiger charge is -2.11. The zero-order valence-electron chi connectivity index (χ0n) is 8.38. The highest BCUT2D eigenvalue weighted by atomic mass is 19.2. The quantitative estimate of drug-likeness (QED) is 0.776.